The Balaban J connectivity index is 1.88. The molecule has 1 aromatic carbocycles. The molecule has 1 heterocycles. The number of hydrogen-bond acceptors (Lipinski definition) is 1. The second-order valence-electron chi connectivity index (χ2n) is 7.64. The van der Waals surface area contributed by atoms with E-state index in [4.69, 9.17) is 11.6 Å². The number of fused-ring (bicyclic) bond motifs is 1. The van der Waals surface area contributed by atoms with E-state index >= 15 is 0 Å². The summed E-state index contributed by atoms with van der Waals surface area (Å²) >= 11 is 6.80. The molecule has 0 radical (unpaired) electrons. The molecule has 1 aliphatic carbocycles. The summed E-state index contributed by atoms with van der Waals surface area (Å²) in [6.45, 7) is 9.21. The van der Waals surface area contributed by atoms with Crippen LogP contribution < -0.4 is 5.32 Å². The number of carbonyl (C=O) groups is 1. The van der Waals surface area contributed by atoms with Crippen molar-refractivity contribution in [3.8, 4) is 0 Å². The number of hydrogen-bond donors (Lipinski definition) is 1. The third-order valence-electron chi connectivity index (χ3n) is 6.00. The normalized spacial score (nSPS) is 24.7. The molecule has 1 atom stereocenters. The highest BCUT2D eigenvalue weighted by atomic mass is 35.5. The predicted molar refractivity (Wildman–Crippen MR) is 87.7 cm³/mol. The highest BCUT2D eigenvalue weighted by molar-refractivity contribution is 6.21. The van der Waals surface area contributed by atoms with Crippen molar-refractivity contribution in [2.24, 2.45) is 16.7 Å². The molecule has 2 aliphatic rings. The van der Waals surface area contributed by atoms with Crippen LogP contribution in [0.15, 0.2) is 18.2 Å². The fourth-order valence-electron chi connectivity index (χ4n) is 3.94. The van der Waals surface area contributed by atoms with Gasteiger partial charge in [-0.05, 0) is 46.8 Å². The number of aryl methyl sites for hydroxylation is 1. The Morgan fingerprint density at radius 2 is 1.86 bits per heavy atom. The van der Waals surface area contributed by atoms with E-state index in [1.165, 1.54) is 11.1 Å². The summed E-state index contributed by atoms with van der Waals surface area (Å²) in [6.07, 6.45) is 2.47. The molecular formula is C18H24ClNO. The van der Waals surface area contributed by atoms with Gasteiger partial charge in [-0.3, -0.25) is 4.79 Å². The van der Waals surface area contributed by atoms with Crippen molar-refractivity contribution in [3.63, 3.8) is 0 Å². The van der Waals surface area contributed by atoms with Gasteiger partial charge >= 0.3 is 0 Å². The number of alkyl halides is 1. The minimum Gasteiger partial charge on any atom is -0.326 e. The number of amides is 1. The first-order valence-corrected chi connectivity index (χ1v) is 8.25. The maximum atomic E-state index is 11.6. The summed E-state index contributed by atoms with van der Waals surface area (Å²) in [6, 6.07) is 6.29. The van der Waals surface area contributed by atoms with E-state index in [-0.39, 0.29) is 22.1 Å². The Morgan fingerprint density at radius 1 is 1.19 bits per heavy atom. The molecule has 1 saturated carbocycles. The zero-order valence-corrected chi connectivity index (χ0v) is 14.1. The molecule has 0 aromatic heterocycles. The lowest BCUT2D eigenvalue weighted by molar-refractivity contribution is -0.116. The molecule has 0 saturated heterocycles. The minimum atomic E-state index is 0.0410. The number of nitrogens with one attached hydrogen (secondary N) is 1. The van der Waals surface area contributed by atoms with Crippen LogP contribution in [0, 0.1) is 16.7 Å². The maximum absolute atomic E-state index is 11.6. The van der Waals surface area contributed by atoms with Gasteiger partial charge in [0.2, 0.25) is 5.91 Å². The van der Waals surface area contributed by atoms with Crippen molar-refractivity contribution in [2.75, 3.05) is 5.32 Å². The smallest absolute Gasteiger partial charge is 0.224 e. The fraction of sp³-hybridized carbons (Fsp3) is 0.611. The molecule has 1 aromatic rings. The van der Waals surface area contributed by atoms with Crippen LogP contribution in [0.4, 0.5) is 5.69 Å². The van der Waals surface area contributed by atoms with Crippen molar-refractivity contribution in [1.29, 1.82) is 0 Å². The molecule has 21 heavy (non-hydrogen) atoms. The second-order valence-corrected chi connectivity index (χ2v) is 8.11. The van der Waals surface area contributed by atoms with Gasteiger partial charge in [0.15, 0.2) is 0 Å². The number of halogens is 1. The quantitative estimate of drug-likeness (QED) is 0.772. The van der Waals surface area contributed by atoms with Gasteiger partial charge in [-0.1, -0.05) is 39.8 Å². The minimum absolute atomic E-state index is 0.0410. The van der Waals surface area contributed by atoms with Crippen LogP contribution in [0.25, 0.3) is 0 Å². The summed E-state index contributed by atoms with van der Waals surface area (Å²) < 4.78 is 0. The maximum Gasteiger partial charge on any atom is 0.224 e. The predicted octanol–water partition coefficient (Wildman–Crippen LogP) is 4.92. The van der Waals surface area contributed by atoms with Crippen LogP contribution >= 0.6 is 11.6 Å². The van der Waals surface area contributed by atoms with Crippen LogP contribution in [0.1, 0.15) is 57.0 Å². The van der Waals surface area contributed by atoms with E-state index < -0.39 is 0 Å². The van der Waals surface area contributed by atoms with Crippen molar-refractivity contribution in [2.45, 2.75) is 52.3 Å². The lowest BCUT2D eigenvalue weighted by Gasteiger charge is -2.15. The average Bonchev–Trinajstić information content (AvgIpc) is 2.89. The second kappa shape index (κ2) is 4.74. The average molecular weight is 306 g/mol. The third kappa shape index (κ3) is 2.28. The van der Waals surface area contributed by atoms with Gasteiger partial charge in [0, 0.05) is 12.1 Å². The van der Waals surface area contributed by atoms with E-state index in [9.17, 15) is 4.79 Å². The molecule has 2 nitrogen and oxygen atoms in total. The molecule has 1 unspecified atom stereocenters. The van der Waals surface area contributed by atoms with Gasteiger partial charge in [-0.2, -0.15) is 0 Å². The van der Waals surface area contributed by atoms with Gasteiger partial charge in [-0.15, -0.1) is 11.6 Å². The van der Waals surface area contributed by atoms with Gasteiger partial charge in [0.1, 0.15) is 0 Å². The third-order valence-corrected chi connectivity index (χ3v) is 6.50. The summed E-state index contributed by atoms with van der Waals surface area (Å²) in [4.78, 5) is 11.6. The Morgan fingerprint density at radius 3 is 2.48 bits per heavy atom. The molecule has 1 N–H and O–H groups in total. The van der Waals surface area contributed by atoms with Gasteiger partial charge in [-0.25, -0.2) is 0 Å². The van der Waals surface area contributed by atoms with Crippen molar-refractivity contribution < 1.29 is 4.79 Å². The van der Waals surface area contributed by atoms with Crippen molar-refractivity contribution in [1.82, 2.24) is 0 Å². The zero-order valence-electron chi connectivity index (χ0n) is 13.3. The monoisotopic (exact) mass is 305 g/mol. The van der Waals surface area contributed by atoms with Gasteiger partial charge in [0.25, 0.3) is 0 Å². The molecule has 3 heteroatoms. The topological polar surface area (TPSA) is 29.1 Å². The molecule has 3 rings (SSSR count). The van der Waals surface area contributed by atoms with E-state index in [1.54, 1.807) is 0 Å². The van der Waals surface area contributed by atoms with Crippen molar-refractivity contribution >= 4 is 23.2 Å². The largest absolute Gasteiger partial charge is 0.326 e. The van der Waals surface area contributed by atoms with Crippen LogP contribution in [0.5, 0.6) is 0 Å². The van der Waals surface area contributed by atoms with E-state index in [2.05, 4.69) is 45.1 Å². The van der Waals surface area contributed by atoms with Crippen LogP contribution in [0.3, 0.4) is 0 Å². The molecule has 0 spiro atoms. The fourth-order valence-corrected chi connectivity index (χ4v) is 4.70. The van der Waals surface area contributed by atoms with E-state index in [0.717, 1.165) is 18.5 Å². The lowest BCUT2D eigenvalue weighted by Crippen LogP contribution is -2.09. The Kier molecular flexibility index (Phi) is 3.36. The van der Waals surface area contributed by atoms with E-state index in [1.807, 2.05) is 6.07 Å². The summed E-state index contributed by atoms with van der Waals surface area (Å²) in [5.74, 6) is 0.610. The molecule has 114 valence electrons. The standard InChI is InChI=1S/C18H24ClNO/c1-17(2)16(18(17,3)4)15(19)12-8-9-13-11(10-12)6-5-7-14(21)20-13/h8-10,15-16H,5-7H2,1-4H3,(H,20,21). The molecule has 0 bridgehead atoms. The Bertz CT molecular complexity index is 577. The lowest BCUT2D eigenvalue weighted by atomic mass is 9.98. The highest BCUT2D eigenvalue weighted by Crippen LogP contribution is 2.73. The Labute approximate surface area is 132 Å². The van der Waals surface area contributed by atoms with Crippen LogP contribution in [-0.4, -0.2) is 5.91 Å². The SMILES string of the molecule is CC1(C)C(C(Cl)c2ccc3c(c2)CCCC(=O)N3)C1(C)C. The van der Waals surface area contributed by atoms with Crippen LogP contribution in [-0.2, 0) is 11.2 Å². The molecule has 1 fully saturated rings. The first kappa shape index (κ1) is 14.9. The first-order chi connectivity index (χ1) is 9.75. The molecule has 1 aliphatic heterocycles. The number of benzene rings is 1. The highest BCUT2D eigenvalue weighted by Gasteiger charge is 2.67. The zero-order chi connectivity index (χ0) is 15.4. The van der Waals surface area contributed by atoms with E-state index in [0.29, 0.717) is 12.3 Å². The van der Waals surface area contributed by atoms with Crippen LogP contribution in [0.2, 0.25) is 0 Å². The molecular weight excluding hydrogens is 282 g/mol. The first-order valence-electron chi connectivity index (χ1n) is 7.82. The number of carbonyl (C=O) groups excluding carboxylic acids is 1. The summed E-state index contributed by atoms with van der Waals surface area (Å²) in [5, 5.41) is 3.02. The number of anilines is 1. The van der Waals surface area contributed by atoms with Gasteiger partial charge in [0.05, 0.1) is 5.38 Å². The Hall–Kier alpha value is -1.02. The van der Waals surface area contributed by atoms with Crippen molar-refractivity contribution in [3.05, 3.63) is 29.3 Å². The summed E-state index contributed by atoms with van der Waals surface area (Å²) in [7, 11) is 0. The van der Waals surface area contributed by atoms with Gasteiger partial charge < -0.3 is 5.32 Å². The number of rotatable bonds is 2. The molecule has 1 amide bonds. The summed E-state index contributed by atoms with van der Waals surface area (Å²) in [5.41, 5.74) is 3.93.